The lowest BCUT2D eigenvalue weighted by molar-refractivity contribution is -0.141. The second-order valence-electron chi connectivity index (χ2n) is 6.32. The van der Waals surface area contributed by atoms with Gasteiger partial charge < -0.3 is 14.8 Å². The minimum Gasteiger partial charge on any atom is -0.460 e. The third-order valence-electron chi connectivity index (χ3n) is 3.14. The lowest BCUT2D eigenvalue weighted by atomic mass is 10.1. The number of allylic oxidation sites excluding steroid dienone is 1. The van der Waals surface area contributed by atoms with E-state index in [1.807, 2.05) is 6.08 Å². The van der Waals surface area contributed by atoms with Crippen molar-refractivity contribution in [1.82, 2.24) is 5.32 Å². The van der Waals surface area contributed by atoms with Gasteiger partial charge in [0.2, 0.25) is 0 Å². The fraction of sp³-hybridized carbons (Fsp3) is 0.750. The van der Waals surface area contributed by atoms with Crippen LogP contribution in [-0.4, -0.2) is 30.8 Å². The standard InChI is InChI=1S/C16H27NO4/c1-16(2,3)21-15(19)17-12-14(18)20-11-10-13-8-6-4-5-7-9-13/h10H,4-9,11-12H2,1-3H3,(H,17,19). The van der Waals surface area contributed by atoms with E-state index >= 15 is 0 Å². The lowest BCUT2D eigenvalue weighted by Gasteiger charge is -2.19. The third-order valence-corrected chi connectivity index (χ3v) is 3.14. The van der Waals surface area contributed by atoms with Crippen molar-refractivity contribution in [1.29, 1.82) is 0 Å². The molecule has 0 aromatic rings. The summed E-state index contributed by atoms with van der Waals surface area (Å²) in [7, 11) is 0. The van der Waals surface area contributed by atoms with Crippen LogP contribution in [0, 0.1) is 0 Å². The van der Waals surface area contributed by atoms with Gasteiger partial charge in [0.05, 0.1) is 0 Å². The predicted molar refractivity (Wildman–Crippen MR) is 81.0 cm³/mol. The lowest BCUT2D eigenvalue weighted by Crippen LogP contribution is -2.36. The summed E-state index contributed by atoms with van der Waals surface area (Å²) in [5.41, 5.74) is 0.804. The molecule has 0 spiro atoms. The van der Waals surface area contributed by atoms with Crippen molar-refractivity contribution in [2.24, 2.45) is 0 Å². The molecule has 1 aliphatic rings. The zero-order valence-electron chi connectivity index (χ0n) is 13.4. The molecule has 0 aromatic carbocycles. The van der Waals surface area contributed by atoms with Crippen LogP contribution in [-0.2, 0) is 14.3 Å². The molecule has 1 N–H and O–H groups in total. The van der Waals surface area contributed by atoms with Gasteiger partial charge in [-0.1, -0.05) is 18.4 Å². The van der Waals surface area contributed by atoms with Crippen molar-refractivity contribution in [3.8, 4) is 0 Å². The summed E-state index contributed by atoms with van der Waals surface area (Å²) in [6, 6.07) is 0. The van der Waals surface area contributed by atoms with Gasteiger partial charge >= 0.3 is 12.1 Å². The molecular formula is C16H27NO4. The Labute approximate surface area is 127 Å². The summed E-state index contributed by atoms with van der Waals surface area (Å²) in [4.78, 5) is 22.9. The summed E-state index contributed by atoms with van der Waals surface area (Å²) >= 11 is 0. The van der Waals surface area contributed by atoms with Crippen LogP contribution in [0.1, 0.15) is 59.3 Å². The van der Waals surface area contributed by atoms with Crippen LogP contribution >= 0.6 is 0 Å². The average Bonchev–Trinajstić information content (AvgIpc) is 2.63. The fourth-order valence-electron chi connectivity index (χ4n) is 2.15. The number of nitrogens with one attached hydrogen (secondary N) is 1. The van der Waals surface area contributed by atoms with Crippen molar-refractivity contribution in [3.63, 3.8) is 0 Å². The number of ether oxygens (including phenoxy) is 2. The highest BCUT2D eigenvalue weighted by molar-refractivity contribution is 5.78. The molecule has 1 aliphatic carbocycles. The number of hydrogen-bond acceptors (Lipinski definition) is 4. The molecule has 120 valence electrons. The van der Waals surface area contributed by atoms with E-state index in [1.54, 1.807) is 20.8 Å². The highest BCUT2D eigenvalue weighted by atomic mass is 16.6. The molecule has 0 saturated heterocycles. The van der Waals surface area contributed by atoms with Gasteiger partial charge in [0.25, 0.3) is 0 Å². The Morgan fingerprint density at radius 1 is 1.14 bits per heavy atom. The Hall–Kier alpha value is -1.52. The first kappa shape index (κ1) is 17.5. The molecule has 0 aliphatic heterocycles. The van der Waals surface area contributed by atoms with E-state index in [-0.39, 0.29) is 13.2 Å². The van der Waals surface area contributed by atoms with E-state index < -0.39 is 17.7 Å². The van der Waals surface area contributed by atoms with Gasteiger partial charge in [-0.15, -0.1) is 0 Å². The molecule has 0 heterocycles. The van der Waals surface area contributed by atoms with Crippen molar-refractivity contribution in [2.75, 3.05) is 13.2 Å². The number of alkyl carbamates (subject to hydrolysis) is 1. The molecule has 0 unspecified atom stereocenters. The number of amides is 1. The number of hydrogen-bond donors (Lipinski definition) is 1. The summed E-state index contributed by atoms with van der Waals surface area (Å²) in [6.07, 6.45) is 8.62. The summed E-state index contributed by atoms with van der Waals surface area (Å²) < 4.78 is 10.1. The Kier molecular flexibility index (Phi) is 7.26. The maximum absolute atomic E-state index is 11.5. The highest BCUT2D eigenvalue weighted by Crippen LogP contribution is 2.21. The molecular weight excluding hydrogens is 270 g/mol. The zero-order valence-corrected chi connectivity index (χ0v) is 13.4. The summed E-state index contributed by atoms with van der Waals surface area (Å²) in [5, 5.41) is 2.38. The molecule has 1 fully saturated rings. The second-order valence-corrected chi connectivity index (χ2v) is 6.32. The number of carbonyl (C=O) groups is 2. The van der Waals surface area contributed by atoms with Crippen molar-refractivity contribution in [2.45, 2.75) is 64.9 Å². The molecule has 5 heteroatoms. The number of carbonyl (C=O) groups excluding carboxylic acids is 2. The van der Waals surface area contributed by atoms with E-state index in [9.17, 15) is 9.59 Å². The molecule has 0 aromatic heterocycles. The summed E-state index contributed by atoms with van der Waals surface area (Å²) in [6.45, 7) is 5.42. The summed E-state index contributed by atoms with van der Waals surface area (Å²) in [5.74, 6) is -0.452. The van der Waals surface area contributed by atoms with E-state index in [0.29, 0.717) is 0 Å². The molecule has 1 amide bonds. The Morgan fingerprint density at radius 2 is 1.76 bits per heavy atom. The van der Waals surface area contributed by atoms with Crippen molar-refractivity contribution in [3.05, 3.63) is 11.6 Å². The van der Waals surface area contributed by atoms with Gasteiger partial charge in [0, 0.05) is 0 Å². The van der Waals surface area contributed by atoms with Crippen LogP contribution in [0.2, 0.25) is 0 Å². The van der Waals surface area contributed by atoms with Gasteiger partial charge in [0.1, 0.15) is 18.8 Å². The highest BCUT2D eigenvalue weighted by Gasteiger charge is 2.16. The SMILES string of the molecule is CC(C)(C)OC(=O)NCC(=O)OCC=C1CCCCCC1. The maximum atomic E-state index is 11.5. The first-order chi connectivity index (χ1) is 9.87. The monoisotopic (exact) mass is 297 g/mol. The molecule has 0 radical (unpaired) electrons. The van der Waals surface area contributed by atoms with Gasteiger partial charge in [-0.25, -0.2) is 4.79 Å². The van der Waals surface area contributed by atoms with Gasteiger partial charge in [0.15, 0.2) is 0 Å². The smallest absolute Gasteiger partial charge is 0.408 e. The number of esters is 1. The van der Waals surface area contributed by atoms with Crippen LogP contribution < -0.4 is 5.32 Å². The van der Waals surface area contributed by atoms with Crippen LogP contribution in [0.3, 0.4) is 0 Å². The number of rotatable bonds is 4. The molecule has 0 bridgehead atoms. The second kappa shape index (κ2) is 8.70. The van der Waals surface area contributed by atoms with Crippen LogP contribution in [0.4, 0.5) is 4.79 Å². The topological polar surface area (TPSA) is 64.6 Å². The maximum Gasteiger partial charge on any atom is 0.408 e. The largest absolute Gasteiger partial charge is 0.460 e. The van der Waals surface area contributed by atoms with E-state index in [0.717, 1.165) is 12.8 Å². The van der Waals surface area contributed by atoms with E-state index in [4.69, 9.17) is 9.47 Å². The molecule has 21 heavy (non-hydrogen) atoms. The first-order valence-corrected chi connectivity index (χ1v) is 7.67. The van der Waals surface area contributed by atoms with Crippen LogP contribution in [0.15, 0.2) is 11.6 Å². The van der Waals surface area contributed by atoms with Gasteiger partial charge in [-0.05, 0) is 52.5 Å². The third kappa shape index (κ3) is 9.10. The molecule has 1 rings (SSSR count). The first-order valence-electron chi connectivity index (χ1n) is 7.67. The quantitative estimate of drug-likeness (QED) is 0.491. The van der Waals surface area contributed by atoms with Gasteiger partial charge in [-0.3, -0.25) is 4.79 Å². The Bertz CT molecular complexity index is 372. The van der Waals surface area contributed by atoms with Crippen molar-refractivity contribution < 1.29 is 19.1 Å². The fourth-order valence-corrected chi connectivity index (χ4v) is 2.15. The van der Waals surface area contributed by atoms with Crippen LogP contribution in [0.25, 0.3) is 0 Å². The average molecular weight is 297 g/mol. The normalized spacial score (nSPS) is 15.9. The zero-order chi connectivity index (χ0) is 15.7. The van der Waals surface area contributed by atoms with E-state index in [1.165, 1.54) is 31.3 Å². The van der Waals surface area contributed by atoms with Gasteiger partial charge in [-0.2, -0.15) is 0 Å². The van der Waals surface area contributed by atoms with Crippen molar-refractivity contribution >= 4 is 12.1 Å². The predicted octanol–water partition coefficient (Wildman–Crippen LogP) is 3.33. The minimum atomic E-state index is -0.610. The molecule has 1 saturated carbocycles. The van der Waals surface area contributed by atoms with Crippen LogP contribution in [0.5, 0.6) is 0 Å². The Balaban J connectivity index is 2.19. The molecule has 5 nitrogen and oxygen atoms in total. The van der Waals surface area contributed by atoms with E-state index in [2.05, 4.69) is 5.32 Å². The molecule has 0 atom stereocenters. The Morgan fingerprint density at radius 3 is 2.33 bits per heavy atom. The minimum absolute atomic E-state index is 0.169.